The minimum Gasteiger partial charge on any atom is -0.497 e. The number of hydrogen-bond donors (Lipinski definition) is 1. The van der Waals surface area contributed by atoms with Gasteiger partial charge < -0.3 is 15.2 Å². The molecule has 0 heterocycles. The first-order valence-corrected chi connectivity index (χ1v) is 8.49. The number of aryl methyl sites for hydroxylation is 3. The molecule has 0 spiro atoms. The highest BCUT2D eigenvalue weighted by molar-refractivity contribution is 5.95. The van der Waals surface area contributed by atoms with Crippen LogP contribution in [0.15, 0.2) is 49.1 Å². The summed E-state index contributed by atoms with van der Waals surface area (Å²) in [5, 5.41) is 0. The van der Waals surface area contributed by atoms with Crippen molar-refractivity contribution in [3.05, 3.63) is 76.9 Å². The van der Waals surface area contributed by atoms with Crippen molar-refractivity contribution in [3.8, 4) is 11.5 Å². The fourth-order valence-corrected chi connectivity index (χ4v) is 2.81. The predicted molar refractivity (Wildman–Crippen MR) is 106 cm³/mol. The van der Waals surface area contributed by atoms with Crippen molar-refractivity contribution in [2.75, 3.05) is 7.11 Å². The summed E-state index contributed by atoms with van der Waals surface area (Å²) in [6.45, 7) is 9.67. The van der Waals surface area contributed by atoms with Gasteiger partial charge in [-0.3, -0.25) is 4.79 Å². The summed E-state index contributed by atoms with van der Waals surface area (Å²) in [4.78, 5) is 11.7. The standard InChI is InChI=1S/C22H25NO3/c1-6-8-21(19-13-20(22(23)24)15(4)9-14(19)3)26-18-11-16(7-2)10-17(12-18)25-5/h6,8-13H,1,7H2,2-5H3,(H2,23,24)/b21-8+. The van der Waals surface area contributed by atoms with Gasteiger partial charge in [-0.1, -0.05) is 25.6 Å². The normalized spacial score (nSPS) is 11.2. The molecule has 4 nitrogen and oxygen atoms in total. The predicted octanol–water partition coefficient (Wildman–Crippen LogP) is 4.58. The highest BCUT2D eigenvalue weighted by Crippen LogP contribution is 2.29. The van der Waals surface area contributed by atoms with Crippen LogP contribution in [0.25, 0.3) is 5.76 Å². The van der Waals surface area contributed by atoms with E-state index in [1.165, 1.54) is 0 Å². The smallest absolute Gasteiger partial charge is 0.248 e. The summed E-state index contributed by atoms with van der Waals surface area (Å²) in [6.07, 6.45) is 4.29. The van der Waals surface area contributed by atoms with Crippen LogP contribution in [0, 0.1) is 13.8 Å². The molecule has 1 amide bonds. The van der Waals surface area contributed by atoms with Crippen LogP contribution < -0.4 is 15.2 Å². The number of carbonyl (C=O) groups excluding carboxylic acids is 1. The monoisotopic (exact) mass is 351 g/mol. The van der Waals surface area contributed by atoms with Gasteiger partial charge >= 0.3 is 0 Å². The maximum Gasteiger partial charge on any atom is 0.248 e. The van der Waals surface area contributed by atoms with Crippen molar-refractivity contribution < 1.29 is 14.3 Å². The Kier molecular flexibility index (Phi) is 6.23. The van der Waals surface area contributed by atoms with Crippen molar-refractivity contribution in [1.29, 1.82) is 0 Å². The van der Waals surface area contributed by atoms with Crippen molar-refractivity contribution in [3.63, 3.8) is 0 Å². The van der Waals surface area contributed by atoms with E-state index in [0.29, 0.717) is 17.1 Å². The van der Waals surface area contributed by atoms with Gasteiger partial charge in [0.05, 0.1) is 7.11 Å². The number of hydrogen-bond acceptors (Lipinski definition) is 3. The minimum atomic E-state index is -0.462. The summed E-state index contributed by atoms with van der Waals surface area (Å²) >= 11 is 0. The van der Waals surface area contributed by atoms with Crippen molar-refractivity contribution in [1.82, 2.24) is 0 Å². The summed E-state index contributed by atoms with van der Waals surface area (Å²) < 4.78 is 11.5. The van der Waals surface area contributed by atoms with E-state index in [4.69, 9.17) is 15.2 Å². The number of methoxy groups -OCH3 is 1. The summed E-state index contributed by atoms with van der Waals surface area (Å²) in [7, 11) is 1.63. The summed E-state index contributed by atoms with van der Waals surface area (Å²) in [6, 6.07) is 9.47. The molecule has 0 unspecified atom stereocenters. The lowest BCUT2D eigenvalue weighted by Crippen LogP contribution is -2.14. The zero-order valence-electron chi connectivity index (χ0n) is 15.8. The molecule has 0 fully saturated rings. The van der Waals surface area contributed by atoms with E-state index < -0.39 is 5.91 Å². The van der Waals surface area contributed by atoms with Gasteiger partial charge in [0.25, 0.3) is 0 Å². The second-order valence-electron chi connectivity index (χ2n) is 6.09. The van der Waals surface area contributed by atoms with E-state index in [0.717, 1.165) is 34.4 Å². The van der Waals surface area contributed by atoms with Crippen molar-refractivity contribution >= 4 is 11.7 Å². The molecule has 0 atom stereocenters. The Morgan fingerprint density at radius 2 is 1.73 bits per heavy atom. The summed E-state index contributed by atoms with van der Waals surface area (Å²) in [5.41, 5.74) is 9.70. The maximum absolute atomic E-state index is 11.7. The highest BCUT2D eigenvalue weighted by atomic mass is 16.5. The Morgan fingerprint density at radius 3 is 2.31 bits per heavy atom. The van der Waals surface area contributed by atoms with E-state index in [-0.39, 0.29) is 0 Å². The van der Waals surface area contributed by atoms with Gasteiger partial charge in [-0.05, 0) is 61.2 Å². The Hall–Kier alpha value is -3.01. The molecule has 136 valence electrons. The minimum absolute atomic E-state index is 0.462. The maximum atomic E-state index is 11.7. The average Bonchev–Trinajstić information content (AvgIpc) is 2.60. The Morgan fingerprint density at radius 1 is 1.08 bits per heavy atom. The molecule has 0 aromatic heterocycles. The SMILES string of the molecule is C=C/C=C(/Oc1cc(CC)cc(OC)c1)c1cc(C(N)=O)c(C)cc1C. The number of amides is 1. The lowest BCUT2D eigenvalue weighted by Gasteiger charge is -2.16. The average molecular weight is 351 g/mol. The van der Waals surface area contributed by atoms with E-state index in [1.807, 2.05) is 38.1 Å². The topological polar surface area (TPSA) is 61.6 Å². The molecule has 0 saturated carbocycles. The first kappa shape index (κ1) is 19.3. The molecule has 4 heteroatoms. The van der Waals surface area contributed by atoms with E-state index in [9.17, 15) is 4.79 Å². The first-order chi connectivity index (χ1) is 12.4. The summed E-state index contributed by atoms with van der Waals surface area (Å²) in [5.74, 6) is 1.53. The first-order valence-electron chi connectivity index (χ1n) is 8.49. The van der Waals surface area contributed by atoms with Crippen LogP contribution in [-0.4, -0.2) is 13.0 Å². The molecule has 0 radical (unpaired) electrons. The van der Waals surface area contributed by atoms with Gasteiger partial charge in [-0.15, -0.1) is 0 Å². The van der Waals surface area contributed by atoms with Crippen LogP contribution in [0.4, 0.5) is 0 Å². The molecule has 26 heavy (non-hydrogen) atoms. The lowest BCUT2D eigenvalue weighted by molar-refractivity contribution is 0.0999. The molecule has 2 aromatic carbocycles. The number of carbonyl (C=O) groups is 1. The third kappa shape index (κ3) is 4.33. The number of primary amides is 1. The molecule has 0 aliphatic heterocycles. The second kappa shape index (κ2) is 8.39. The zero-order valence-corrected chi connectivity index (χ0v) is 15.8. The molecule has 2 aromatic rings. The Labute approximate surface area is 154 Å². The van der Waals surface area contributed by atoms with Gasteiger partial charge in [0.1, 0.15) is 17.3 Å². The lowest BCUT2D eigenvalue weighted by atomic mass is 9.98. The van der Waals surface area contributed by atoms with Gasteiger partial charge in [-0.25, -0.2) is 0 Å². The van der Waals surface area contributed by atoms with Crippen LogP contribution >= 0.6 is 0 Å². The van der Waals surface area contributed by atoms with Crippen LogP contribution in [0.2, 0.25) is 0 Å². The molecule has 0 bridgehead atoms. The fourth-order valence-electron chi connectivity index (χ4n) is 2.81. The molecular formula is C22H25NO3. The Balaban J connectivity index is 2.52. The molecule has 2 rings (SSSR count). The van der Waals surface area contributed by atoms with Crippen molar-refractivity contribution in [2.45, 2.75) is 27.2 Å². The van der Waals surface area contributed by atoms with Gasteiger partial charge in [0.2, 0.25) is 5.91 Å². The zero-order chi connectivity index (χ0) is 19.3. The van der Waals surface area contributed by atoms with Crippen molar-refractivity contribution in [2.24, 2.45) is 5.73 Å². The third-order valence-corrected chi connectivity index (χ3v) is 4.18. The van der Waals surface area contributed by atoms with Gasteiger partial charge in [0.15, 0.2) is 0 Å². The molecule has 2 N–H and O–H groups in total. The quantitative estimate of drug-likeness (QED) is 0.587. The third-order valence-electron chi connectivity index (χ3n) is 4.18. The highest BCUT2D eigenvalue weighted by Gasteiger charge is 2.14. The fraction of sp³-hybridized carbons (Fsp3) is 0.227. The van der Waals surface area contributed by atoms with E-state index in [2.05, 4.69) is 13.5 Å². The molecule has 0 aliphatic rings. The second-order valence-corrected chi connectivity index (χ2v) is 6.09. The van der Waals surface area contributed by atoms with Crippen LogP contribution in [0.5, 0.6) is 11.5 Å². The number of nitrogens with two attached hydrogens (primary N) is 1. The van der Waals surface area contributed by atoms with Gasteiger partial charge in [-0.2, -0.15) is 0 Å². The van der Waals surface area contributed by atoms with Crippen LogP contribution in [-0.2, 0) is 6.42 Å². The largest absolute Gasteiger partial charge is 0.497 e. The number of rotatable bonds is 7. The van der Waals surface area contributed by atoms with E-state index in [1.54, 1.807) is 25.3 Å². The number of ether oxygens (including phenoxy) is 2. The van der Waals surface area contributed by atoms with Gasteiger partial charge in [0, 0.05) is 17.2 Å². The number of benzene rings is 2. The molecular weight excluding hydrogens is 326 g/mol. The number of allylic oxidation sites excluding steroid dienone is 2. The molecule has 0 saturated heterocycles. The van der Waals surface area contributed by atoms with E-state index >= 15 is 0 Å². The van der Waals surface area contributed by atoms with Crippen LogP contribution in [0.3, 0.4) is 0 Å². The molecule has 0 aliphatic carbocycles. The van der Waals surface area contributed by atoms with Crippen LogP contribution in [0.1, 0.15) is 39.5 Å². The Bertz CT molecular complexity index is 844.